The van der Waals surface area contributed by atoms with Crippen molar-refractivity contribution in [3.63, 3.8) is 0 Å². The Hall–Kier alpha value is -1.71. The van der Waals surface area contributed by atoms with Crippen molar-refractivity contribution in [3.8, 4) is 0 Å². The van der Waals surface area contributed by atoms with Gasteiger partial charge in [0.25, 0.3) is 0 Å². The minimum atomic E-state index is -0.888. The summed E-state index contributed by atoms with van der Waals surface area (Å²) in [6.45, 7) is 6.59. The van der Waals surface area contributed by atoms with Crippen LogP contribution in [-0.2, 0) is 34.8 Å². The van der Waals surface area contributed by atoms with E-state index in [4.69, 9.17) is 0 Å². The van der Waals surface area contributed by atoms with E-state index >= 15 is 0 Å². The third-order valence-corrected chi connectivity index (χ3v) is 10.5. The SMILES string of the molecule is CC12C=CC(C(=O)[O-])(CC1)CC2.CC12C=CC(C(=O)[O-])(CC1)CC2.CC12C=CC(C(=O)[O-])(CC1)CC2.[Re]. The minimum absolute atomic E-state index is 0. The maximum absolute atomic E-state index is 10.9. The van der Waals surface area contributed by atoms with Crippen LogP contribution < -0.4 is 15.3 Å². The van der Waals surface area contributed by atoms with E-state index in [1.54, 1.807) is 0 Å². The Kier molecular flexibility index (Phi) is 8.16. The van der Waals surface area contributed by atoms with Crippen LogP contribution >= 0.6 is 0 Å². The molecule has 9 aliphatic carbocycles. The molecule has 7 heteroatoms. The molecule has 0 aromatic carbocycles. The van der Waals surface area contributed by atoms with E-state index in [0.29, 0.717) is 0 Å². The number of carboxylic acid groups (broad SMARTS) is 3. The van der Waals surface area contributed by atoms with Gasteiger partial charge in [-0.15, -0.1) is 0 Å². The molecule has 3 saturated carbocycles. The van der Waals surface area contributed by atoms with Crippen LogP contribution in [-0.4, -0.2) is 17.9 Å². The number of rotatable bonds is 3. The van der Waals surface area contributed by atoms with E-state index < -0.39 is 34.2 Å². The number of carboxylic acids is 3. The molecule has 0 aromatic heterocycles. The van der Waals surface area contributed by atoms with E-state index in [1.807, 2.05) is 18.2 Å². The van der Waals surface area contributed by atoms with Crippen LogP contribution in [0.1, 0.15) is 97.8 Å². The van der Waals surface area contributed by atoms with E-state index in [9.17, 15) is 29.7 Å². The largest absolute Gasteiger partial charge is 0.549 e. The molecule has 0 amide bonds. The van der Waals surface area contributed by atoms with Crippen LogP contribution in [0.2, 0.25) is 0 Å². The van der Waals surface area contributed by atoms with Crippen molar-refractivity contribution in [3.05, 3.63) is 36.5 Å². The van der Waals surface area contributed by atoms with Gasteiger partial charge in [0.05, 0.1) is 17.9 Å². The molecule has 0 saturated heterocycles. The molecule has 0 spiro atoms. The summed E-state index contributed by atoms with van der Waals surface area (Å²) in [7, 11) is 0. The van der Waals surface area contributed by atoms with Crippen LogP contribution in [0.5, 0.6) is 0 Å². The van der Waals surface area contributed by atoms with Gasteiger partial charge in [0.2, 0.25) is 0 Å². The molecule has 0 atom stereocenters. The van der Waals surface area contributed by atoms with Gasteiger partial charge in [0.15, 0.2) is 0 Å². The van der Waals surface area contributed by atoms with Gasteiger partial charge < -0.3 is 29.7 Å². The summed E-state index contributed by atoms with van der Waals surface area (Å²) in [5, 5.41) is 32.6. The predicted octanol–water partition coefficient (Wildman–Crippen LogP) is 2.62. The number of allylic oxidation sites excluding steroid dienone is 3. The van der Waals surface area contributed by atoms with Crippen LogP contribution in [0, 0.1) is 32.5 Å². The van der Waals surface area contributed by atoms with Crippen LogP contribution in [0.3, 0.4) is 0 Å². The Morgan fingerprint density at radius 1 is 0.432 bits per heavy atom. The molecule has 0 N–H and O–H groups in total. The summed E-state index contributed by atoms with van der Waals surface area (Å²) in [5.74, 6) is -2.67. The van der Waals surface area contributed by atoms with Gasteiger partial charge in [-0.25, -0.2) is 0 Å². The molecule has 0 aliphatic heterocycles. The number of fused-ring (bicyclic) bond motifs is 6. The third-order valence-electron chi connectivity index (χ3n) is 10.5. The van der Waals surface area contributed by atoms with Crippen LogP contribution in [0.15, 0.2) is 36.5 Å². The fraction of sp³-hybridized carbons (Fsp3) is 0.700. The van der Waals surface area contributed by atoms with Crippen molar-refractivity contribution in [1.29, 1.82) is 0 Å². The molecule has 6 bridgehead atoms. The molecule has 9 aliphatic rings. The van der Waals surface area contributed by atoms with Gasteiger partial charge in [-0.1, -0.05) is 57.2 Å². The van der Waals surface area contributed by atoms with Crippen molar-refractivity contribution in [2.45, 2.75) is 97.8 Å². The van der Waals surface area contributed by atoms with Crippen molar-refractivity contribution in [2.24, 2.45) is 32.5 Å². The quantitative estimate of drug-likeness (QED) is 0.423. The van der Waals surface area contributed by atoms with Crippen molar-refractivity contribution < 1.29 is 50.1 Å². The second-order valence-corrected chi connectivity index (χ2v) is 13.3. The fourth-order valence-corrected chi connectivity index (χ4v) is 6.70. The summed E-state index contributed by atoms with van der Waals surface area (Å²) in [6, 6.07) is 0. The summed E-state index contributed by atoms with van der Waals surface area (Å²) in [5.41, 5.74) is -1.01. The number of carbonyl (C=O) groups is 3. The molecule has 205 valence electrons. The van der Waals surface area contributed by atoms with Crippen molar-refractivity contribution >= 4 is 17.9 Å². The first-order valence-corrected chi connectivity index (χ1v) is 13.4. The molecule has 6 nitrogen and oxygen atoms in total. The van der Waals surface area contributed by atoms with Crippen molar-refractivity contribution in [1.82, 2.24) is 0 Å². The zero-order valence-electron chi connectivity index (χ0n) is 22.3. The molecule has 9 rings (SSSR count). The summed E-state index contributed by atoms with van der Waals surface area (Å²) < 4.78 is 0. The van der Waals surface area contributed by atoms with Crippen molar-refractivity contribution in [2.75, 3.05) is 0 Å². The summed E-state index contributed by atoms with van der Waals surface area (Å²) in [6.07, 6.45) is 22.3. The molecule has 0 heterocycles. The van der Waals surface area contributed by atoms with Gasteiger partial charge in [-0.3, -0.25) is 0 Å². The zero-order chi connectivity index (χ0) is 26.5. The van der Waals surface area contributed by atoms with E-state index in [-0.39, 0.29) is 36.7 Å². The molecule has 37 heavy (non-hydrogen) atoms. The first-order chi connectivity index (χ1) is 16.7. The fourth-order valence-electron chi connectivity index (χ4n) is 6.70. The van der Waals surface area contributed by atoms with E-state index in [1.165, 1.54) is 0 Å². The maximum Gasteiger partial charge on any atom is 0.0514 e. The van der Waals surface area contributed by atoms with Gasteiger partial charge in [-0.2, -0.15) is 0 Å². The molecular formula is C30H39O6Re-3. The Bertz CT molecular complexity index is 869. The standard InChI is InChI=1S/3C10H14O2.Re/c3*1-9-2-5-10(6-3-9,7-4-9)8(11)12;/h3*2,5H,3-4,6-7H2,1H3,(H,11,12);/p-3. The average molecular weight is 682 g/mol. The smallest absolute Gasteiger partial charge is 0.0514 e. The second-order valence-electron chi connectivity index (χ2n) is 13.3. The monoisotopic (exact) mass is 682 g/mol. The number of aliphatic carboxylic acids is 3. The Morgan fingerprint density at radius 2 is 0.622 bits per heavy atom. The van der Waals surface area contributed by atoms with E-state index in [2.05, 4.69) is 39.0 Å². The number of carbonyl (C=O) groups excluding carboxylic acids is 3. The average Bonchev–Trinajstić information content (AvgIpc) is 2.86. The predicted molar refractivity (Wildman–Crippen MR) is 129 cm³/mol. The van der Waals surface area contributed by atoms with Crippen LogP contribution in [0.25, 0.3) is 0 Å². The number of hydrogen-bond donors (Lipinski definition) is 0. The first kappa shape index (κ1) is 29.8. The molecule has 0 unspecified atom stereocenters. The van der Waals surface area contributed by atoms with Gasteiger partial charge in [-0.05, 0) is 93.3 Å². The second kappa shape index (κ2) is 10.1. The minimum Gasteiger partial charge on any atom is -0.549 e. The summed E-state index contributed by atoms with van der Waals surface area (Å²) >= 11 is 0. The van der Waals surface area contributed by atoms with Gasteiger partial charge in [0, 0.05) is 36.7 Å². The summed E-state index contributed by atoms with van der Waals surface area (Å²) in [4.78, 5) is 32.6. The maximum atomic E-state index is 10.9. The molecule has 3 fully saturated rings. The molecular weight excluding hydrogens is 643 g/mol. The van der Waals surface area contributed by atoms with Crippen LogP contribution in [0.4, 0.5) is 0 Å². The Balaban J connectivity index is 0.000000152. The zero-order valence-corrected chi connectivity index (χ0v) is 25.0. The first-order valence-electron chi connectivity index (χ1n) is 13.4. The normalized spacial score (nSPS) is 43.5. The topological polar surface area (TPSA) is 120 Å². The van der Waals surface area contributed by atoms with Gasteiger partial charge >= 0.3 is 0 Å². The van der Waals surface area contributed by atoms with E-state index in [0.717, 1.165) is 77.0 Å². The molecule has 1 radical (unpaired) electrons. The Labute approximate surface area is 234 Å². The molecule has 0 aromatic rings. The number of hydrogen-bond acceptors (Lipinski definition) is 6. The third kappa shape index (κ3) is 5.69. The van der Waals surface area contributed by atoms with Gasteiger partial charge in [0.1, 0.15) is 0 Å². The Morgan fingerprint density at radius 3 is 0.730 bits per heavy atom.